The first-order chi connectivity index (χ1) is 4.93. The Hall–Kier alpha value is -0.370. The summed E-state index contributed by atoms with van der Waals surface area (Å²) < 4.78 is 5.04. The van der Waals surface area contributed by atoms with Crippen molar-refractivity contribution in [1.82, 2.24) is 0 Å². The van der Waals surface area contributed by atoms with Crippen LogP contribution >= 0.6 is 0 Å². The largest absolute Gasteiger partial charge is 0.374 e. The topological polar surface area (TPSA) is 26.3 Å². The highest BCUT2D eigenvalue weighted by molar-refractivity contribution is 5.87. The van der Waals surface area contributed by atoms with Gasteiger partial charge in [-0.25, -0.2) is 0 Å². The molecule has 0 fully saturated rings. The van der Waals surface area contributed by atoms with Crippen LogP contribution in [0, 0.1) is 5.41 Å². The summed E-state index contributed by atoms with van der Waals surface area (Å²) in [7, 11) is 1.58. The average Bonchev–Trinajstić information content (AvgIpc) is 1.88. The summed E-state index contributed by atoms with van der Waals surface area (Å²) in [5.74, 6) is 0.183. The molecular formula is C9H18O2. The van der Waals surface area contributed by atoms with Crippen LogP contribution in [0.5, 0.6) is 0 Å². The van der Waals surface area contributed by atoms with Crippen molar-refractivity contribution < 1.29 is 9.53 Å². The molecule has 0 radical (unpaired) electrons. The summed E-state index contributed by atoms with van der Waals surface area (Å²) in [5.41, 5.74) is -0.281. The number of hydrogen-bond acceptors (Lipinski definition) is 2. The van der Waals surface area contributed by atoms with Gasteiger partial charge in [-0.1, -0.05) is 27.7 Å². The molecule has 0 aliphatic carbocycles. The van der Waals surface area contributed by atoms with E-state index in [-0.39, 0.29) is 17.3 Å². The number of hydrogen-bond donors (Lipinski definition) is 0. The van der Waals surface area contributed by atoms with E-state index in [0.29, 0.717) is 0 Å². The predicted octanol–water partition coefficient (Wildman–Crippen LogP) is 2.03. The Kier molecular flexibility index (Phi) is 3.73. The van der Waals surface area contributed by atoms with Crippen molar-refractivity contribution in [1.29, 1.82) is 0 Å². The van der Waals surface area contributed by atoms with Crippen LogP contribution in [-0.4, -0.2) is 19.0 Å². The summed E-state index contributed by atoms with van der Waals surface area (Å²) in [6.07, 6.45) is 0.530. The first-order valence-corrected chi connectivity index (χ1v) is 4.00. The van der Waals surface area contributed by atoms with Crippen molar-refractivity contribution in [3.8, 4) is 0 Å². The zero-order valence-electron chi connectivity index (χ0n) is 8.10. The molecule has 0 N–H and O–H groups in total. The van der Waals surface area contributed by atoms with Crippen molar-refractivity contribution in [2.24, 2.45) is 5.41 Å². The highest BCUT2D eigenvalue weighted by Gasteiger charge is 2.27. The van der Waals surface area contributed by atoms with E-state index in [9.17, 15) is 4.79 Å². The smallest absolute Gasteiger partial charge is 0.166 e. The molecular weight excluding hydrogens is 140 g/mol. The Morgan fingerprint density at radius 1 is 1.45 bits per heavy atom. The molecule has 0 aromatic carbocycles. The number of carbonyl (C=O) groups is 1. The second kappa shape index (κ2) is 3.86. The molecule has 0 aliphatic heterocycles. The van der Waals surface area contributed by atoms with Gasteiger partial charge in [-0.2, -0.15) is 0 Å². The molecule has 0 rings (SSSR count). The molecule has 0 aromatic rings. The lowest BCUT2D eigenvalue weighted by Crippen LogP contribution is -2.33. The quantitative estimate of drug-likeness (QED) is 0.628. The van der Waals surface area contributed by atoms with Gasteiger partial charge >= 0.3 is 0 Å². The third-order valence-electron chi connectivity index (χ3n) is 1.69. The van der Waals surface area contributed by atoms with Gasteiger partial charge in [0.25, 0.3) is 0 Å². The predicted molar refractivity (Wildman–Crippen MR) is 45.6 cm³/mol. The number of rotatable bonds is 3. The van der Waals surface area contributed by atoms with Crippen LogP contribution in [0.4, 0.5) is 0 Å². The molecule has 11 heavy (non-hydrogen) atoms. The van der Waals surface area contributed by atoms with Crippen LogP contribution in [0.15, 0.2) is 0 Å². The summed E-state index contributed by atoms with van der Waals surface area (Å²) in [6, 6.07) is 0. The van der Waals surface area contributed by atoms with E-state index in [4.69, 9.17) is 4.74 Å². The number of methoxy groups -OCH3 is 1. The van der Waals surface area contributed by atoms with E-state index >= 15 is 0 Å². The number of ether oxygens (including phenoxy) is 1. The zero-order valence-corrected chi connectivity index (χ0v) is 8.10. The van der Waals surface area contributed by atoms with Crippen LogP contribution in [0.25, 0.3) is 0 Å². The minimum Gasteiger partial charge on any atom is -0.374 e. The maximum Gasteiger partial charge on any atom is 0.166 e. The van der Waals surface area contributed by atoms with Crippen LogP contribution < -0.4 is 0 Å². The summed E-state index contributed by atoms with van der Waals surface area (Å²) >= 11 is 0. The molecule has 66 valence electrons. The van der Waals surface area contributed by atoms with Gasteiger partial charge < -0.3 is 4.74 Å². The normalized spacial score (nSPS) is 14.6. The fourth-order valence-electron chi connectivity index (χ4n) is 0.942. The Morgan fingerprint density at radius 3 is 2.00 bits per heavy atom. The Bertz CT molecular complexity index is 129. The molecule has 0 aromatic heterocycles. The second-order valence-electron chi connectivity index (χ2n) is 3.75. The third kappa shape index (κ3) is 3.02. The average molecular weight is 158 g/mol. The van der Waals surface area contributed by atoms with Crippen molar-refractivity contribution >= 4 is 5.78 Å². The van der Waals surface area contributed by atoms with Gasteiger partial charge in [0.15, 0.2) is 5.78 Å². The van der Waals surface area contributed by atoms with E-state index in [1.54, 1.807) is 7.11 Å². The molecule has 0 saturated carbocycles. The van der Waals surface area contributed by atoms with Crippen molar-refractivity contribution in [3.05, 3.63) is 0 Å². The van der Waals surface area contributed by atoms with Crippen molar-refractivity contribution in [2.75, 3.05) is 7.11 Å². The Labute approximate surface area is 68.9 Å². The van der Waals surface area contributed by atoms with Gasteiger partial charge in [-0.05, 0) is 6.42 Å². The third-order valence-corrected chi connectivity index (χ3v) is 1.69. The van der Waals surface area contributed by atoms with Crippen LogP contribution in [0.2, 0.25) is 0 Å². The van der Waals surface area contributed by atoms with Gasteiger partial charge in [-0.3, -0.25) is 4.79 Å². The Morgan fingerprint density at radius 2 is 1.91 bits per heavy atom. The van der Waals surface area contributed by atoms with Crippen LogP contribution in [0.3, 0.4) is 0 Å². The minimum absolute atomic E-state index is 0.183. The fourth-order valence-corrected chi connectivity index (χ4v) is 0.942. The number of Topliss-reactive ketones (excluding diaryl/α,β-unsaturated/α-hetero) is 1. The molecule has 2 heteroatoms. The van der Waals surface area contributed by atoms with Crippen molar-refractivity contribution in [2.45, 2.75) is 40.2 Å². The van der Waals surface area contributed by atoms with E-state index in [2.05, 4.69) is 0 Å². The summed E-state index contributed by atoms with van der Waals surface area (Å²) in [5, 5.41) is 0. The lowest BCUT2D eigenvalue weighted by atomic mass is 9.87. The monoisotopic (exact) mass is 158 g/mol. The molecule has 0 aliphatic rings. The Balaban J connectivity index is 4.22. The van der Waals surface area contributed by atoms with Gasteiger partial charge in [0, 0.05) is 12.5 Å². The van der Waals surface area contributed by atoms with Crippen LogP contribution in [-0.2, 0) is 9.53 Å². The van der Waals surface area contributed by atoms with E-state index in [0.717, 1.165) is 6.42 Å². The van der Waals surface area contributed by atoms with Gasteiger partial charge in [0.1, 0.15) is 6.10 Å². The molecule has 0 heterocycles. The lowest BCUT2D eigenvalue weighted by molar-refractivity contribution is -0.136. The molecule has 0 spiro atoms. The molecule has 0 saturated heterocycles. The highest BCUT2D eigenvalue weighted by Crippen LogP contribution is 2.19. The molecule has 2 nitrogen and oxygen atoms in total. The SMILES string of the molecule is CCC(OC)C(=O)C(C)(C)C. The number of carbonyl (C=O) groups excluding carboxylic acids is 1. The van der Waals surface area contributed by atoms with Gasteiger partial charge in [-0.15, -0.1) is 0 Å². The first kappa shape index (κ1) is 10.6. The zero-order chi connectivity index (χ0) is 9.07. The first-order valence-electron chi connectivity index (χ1n) is 4.00. The summed E-state index contributed by atoms with van der Waals surface area (Å²) in [4.78, 5) is 11.5. The van der Waals surface area contributed by atoms with Gasteiger partial charge in [0.2, 0.25) is 0 Å². The molecule has 0 amide bonds. The molecule has 0 bridgehead atoms. The van der Waals surface area contributed by atoms with Crippen molar-refractivity contribution in [3.63, 3.8) is 0 Å². The fraction of sp³-hybridized carbons (Fsp3) is 0.889. The van der Waals surface area contributed by atoms with E-state index in [1.165, 1.54) is 0 Å². The highest BCUT2D eigenvalue weighted by atomic mass is 16.5. The van der Waals surface area contributed by atoms with E-state index in [1.807, 2.05) is 27.7 Å². The standard InChI is InChI=1S/C9H18O2/c1-6-7(11-5)8(10)9(2,3)4/h7H,6H2,1-5H3. The second-order valence-corrected chi connectivity index (χ2v) is 3.75. The lowest BCUT2D eigenvalue weighted by Gasteiger charge is -2.22. The van der Waals surface area contributed by atoms with Crippen LogP contribution in [0.1, 0.15) is 34.1 Å². The molecule has 1 atom stereocenters. The molecule has 1 unspecified atom stereocenters. The number of ketones is 1. The maximum atomic E-state index is 11.5. The minimum atomic E-state index is -0.281. The summed E-state index contributed by atoms with van der Waals surface area (Å²) in [6.45, 7) is 7.70. The maximum absolute atomic E-state index is 11.5. The van der Waals surface area contributed by atoms with E-state index < -0.39 is 0 Å². The van der Waals surface area contributed by atoms with Gasteiger partial charge in [0.05, 0.1) is 0 Å².